The van der Waals surface area contributed by atoms with Crippen LogP contribution in [0.3, 0.4) is 0 Å². The van der Waals surface area contributed by atoms with Crippen LogP contribution < -0.4 is 19.5 Å². The van der Waals surface area contributed by atoms with Gasteiger partial charge in [0.05, 0.1) is 10.2 Å². The maximum absolute atomic E-state index is 12.4. The van der Waals surface area contributed by atoms with E-state index < -0.39 is 0 Å². The fraction of sp³-hybridized carbons (Fsp3) is 0.231. The molecular formula is C26H25N3O4S. The number of nitrogens with zero attached hydrogens (tertiary/aromatic N) is 2. The Morgan fingerprint density at radius 1 is 1.09 bits per heavy atom. The third-order valence-electron chi connectivity index (χ3n) is 5.37. The number of thiazole rings is 1. The SMILES string of the molecule is CN(C)Cc1cc(-c2nc3ccccc3s2)ccc1OCC(=O)NCc1ccc2c(c1)OCO2. The first-order valence-corrected chi connectivity index (χ1v) is 11.8. The Kier molecular flexibility index (Phi) is 6.33. The highest BCUT2D eigenvalue weighted by molar-refractivity contribution is 7.21. The number of fused-ring (bicyclic) bond motifs is 2. The first-order valence-electron chi connectivity index (χ1n) is 11.0. The van der Waals surface area contributed by atoms with Gasteiger partial charge in [0.2, 0.25) is 6.79 Å². The second-order valence-corrected chi connectivity index (χ2v) is 9.33. The van der Waals surface area contributed by atoms with Crippen molar-refractivity contribution >= 4 is 27.5 Å². The van der Waals surface area contributed by atoms with Gasteiger partial charge in [0.1, 0.15) is 10.8 Å². The van der Waals surface area contributed by atoms with Gasteiger partial charge in [-0.1, -0.05) is 18.2 Å². The Morgan fingerprint density at radius 2 is 1.94 bits per heavy atom. The highest BCUT2D eigenvalue weighted by atomic mass is 32.1. The number of hydrogen-bond acceptors (Lipinski definition) is 7. The van der Waals surface area contributed by atoms with Crippen molar-refractivity contribution in [2.75, 3.05) is 27.5 Å². The molecule has 0 aliphatic carbocycles. The van der Waals surface area contributed by atoms with Crippen molar-refractivity contribution in [2.45, 2.75) is 13.1 Å². The molecule has 2 heterocycles. The fourth-order valence-electron chi connectivity index (χ4n) is 3.76. The molecule has 1 N–H and O–H groups in total. The molecule has 0 saturated heterocycles. The van der Waals surface area contributed by atoms with Gasteiger partial charge in [-0.3, -0.25) is 4.79 Å². The van der Waals surface area contributed by atoms with Crippen LogP contribution >= 0.6 is 11.3 Å². The lowest BCUT2D eigenvalue weighted by Crippen LogP contribution is -2.28. The molecule has 0 spiro atoms. The summed E-state index contributed by atoms with van der Waals surface area (Å²) in [5.74, 6) is 1.92. The minimum atomic E-state index is -0.191. The third kappa shape index (κ3) is 4.98. The van der Waals surface area contributed by atoms with E-state index in [4.69, 9.17) is 19.2 Å². The molecule has 0 unspecified atom stereocenters. The summed E-state index contributed by atoms with van der Waals surface area (Å²) in [7, 11) is 4.01. The van der Waals surface area contributed by atoms with Gasteiger partial charge < -0.3 is 24.4 Å². The molecule has 3 aromatic carbocycles. The summed E-state index contributed by atoms with van der Waals surface area (Å²) in [6.45, 7) is 1.24. The summed E-state index contributed by atoms with van der Waals surface area (Å²) in [6, 6.07) is 19.8. The van der Waals surface area contributed by atoms with Crippen molar-refractivity contribution < 1.29 is 19.0 Å². The van der Waals surface area contributed by atoms with E-state index in [0.29, 0.717) is 24.6 Å². The van der Waals surface area contributed by atoms with Crippen LogP contribution in [-0.4, -0.2) is 43.3 Å². The van der Waals surface area contributed by atoms with Crippen molar-refractivity contribution in [3.63, 3.8) is 0 Å². The van der Waals surface area contributed by atoms with Gasteiger partial charge in [-0.15, -0.1) is 11.3 Å². The number of nitrogens with one attached hydrogen (secondary N) is 1. The average Bonchev–Trinajstić information content (AvgIpc) is 3.48. The average molecular weight is 476 g/mol. The summed E-state index contributed by atoms with van der Waals surface area (Å²) in [4.78, 5) is 19.3. The van der Waals surface area contributed by atoms with Crippen LogP contribution in [0.2, 0.25) is 0 Å². The van der Waals surface area contributed by atoms with E-state index in [2.05, 4.69) is 22.3 Å². The summed E-state index contributed by atoms with van der Waals surface area (Å²) in [5.41, 5.74) is 3.98. The van der Waals surface area contributed by atoms with Gasteiger partial charge in [-0.25, -0.2) is 4.98 Å². The van der Waals surface area contributed by atoms with E-state index in [1.807, 2.05) is 62.6 Å². The Balaban J connectivity index is 1.25. The summed E-state index contributed by atoms with van der Waals surface area (Å²) >= 11 is 1.67. The topological polar surface area (TPSA) is 72.9 Å². The highest BCUT2D eigenvalue weighted by Crippen LogP contribution is 2.34. The Hall–Kier alpha value is -3.62. The molecule has 7 nitrogen and oxygen atoms in total. The standard InChI is InChI=1S/C26H25N3O4S/c1-29(2)14-19-12-18(26-28-20-5-3-4-6-24(20)34-26)8-10-21(19)31-15-25(30)27-13-17-7-9-22-23(11-17)33-16-32-22/h3-12H,13-16H2,1-2H3,(H,27,30). The normalized spacial score (nSPS) is 12.3. The van der Waals surface area contributed by atoms with Gasteiger partial charge in [0, 0.05) is 24.2 Å². The monoisotopic (exact) mass is 475 g/mol. The quantitative estimate of drug-likeness (QED) is 0.406. The van der Waals surface area contributed by atoms with E-state index in [1.165, 1.54) is 0 Å². The Bertz CT molecular complexity index is 1300. The second kappa shape index (κ2) is 9.70. The maximum atomic E-state index is 12.4. The molecule has 174 valence electrons. The van der Waals surface area contributed by atoms with Crippen LogP contribution in [0.15, 0.2) is 60.7 Å². The van der Waals surface area contributed by atoms with Crippen LogP contribution in [0.4, 0.5) is 0 Å². The number of rotatable bonds is 8. The zero-order chi connectivity index (χ0) is 23.5. The van der Waals surface area contributed by atoms with Crippen molar-refractivity contribution in [3.8, 4) is 27.8 Å². The fourth-order valence-corrected chi connectivity index (χ4v) is 4.72. The van der Waals surface area contributed by atoms with Gasteiger partial charge in [-0.2, -0.15) is 0 Å². The van der Waals surface area contributed by atoms with Crippen LogP contribution in [0.1, 0.15) is 11.1 Å². The molecule has 34 heavy (non-hydrogen) atoms. The second-order valence-electron chi connectivity index (χ2n) is 8.30. The number of amides is 1. The first kappa shape index (κ1) is 22.2. The Morgan fingerprint density at radius 3 is 2.79 bits per heavy atom. The largest absolute Gasteiger partial charge is 0.483 e. The van der Waals surface area contributed by atoms with E-state index in [1.54, 1.807) is 11.3 Å². The van der Waals surface area contributed by atoms with Crippen LogP contribution in [-0.2, 0) is 17.9 Å². The molecule has 1 aromatic heterocycles. The predicted molar refractivity (Wildman–Crippen MR) is 132 cm³/mol. The minimum Gasteiger partial charge on any atom is -0.483 e. The molecule has 0 saturated carbocycles. The molecule has 1 aliphatic rings. The zero-order valence-electron chi connectivity index (χ0n) is 19.0. The number of benzene rings is 3. The summed E-state index contributed by atoms with van der Waals surface area (Å²) in [6.07, 6.45) is 0. The number of para-hydroxylation sites is 1. The van der Waals surface area contributed by atoms with E-state index in [-0.39, 0.29) is 19.3 Å². The number of ether oxygens (including phenoxy) is 3. The summed E-state index contributed by atoms with van der Waals surface area (Å²) < 4.78 is 17.8. The van der Waals surface area contributed by atoms with Crippen molar-refractivity contribution in [1.82, 2.24) is 15.2 Å². The molecule has 5 rings (SSSR count). The molecule has 8 heteroatoms. The number of hydrogen-bond donors (Lipinski definition) is 1. The number of aromatic nitrogens is 1. The molecule has 4 aromatic rings. The lowest BCUT2D eigenvalue weighted by atomic mass is 10.1. The van der Waals surface area contributed by atoms with E-state index in [0.717, 1.165) is 37.7 Å². The molecular weight excluding hydrogens is 450 g/mol. The van der Waals surface area contributed by atoms with Crippen LogP contribution in [0.5, 0.6) is 17.2 Å². The van der Waals surface area contributed by atoms with Gasteiger partial charge in [-0.05, 0) is 62.1 Å². The molecule has 0 bridgehead atoms. The highest BCUT2D eigenvalue weighted by Gasteiger charge is 2.15. The van der Waals surface area contributed by atoms with Crippen LogP contribution in [0.25, 0.3) is 20.8 Å². The maximum Gasteiger partial charge on any atom is 0.258 e. The smallest absolute Gasteiger partial charge is 0.258 e. The zero-order valence-corrected chi connectivity index (χ0v) is 19.9. The van der Waals surface area contributed by atoms with Gasteiger partial charge >= 0.3 is 0 Å². The minimum absolute atomic E-state index is 0.0640. The molecule has 0 radical (unpaired) electrons. The van der Waals surface area contributed by atoms with Gasteiger partial charge in [0.15, 0.2) is 18.1 Å². The lowest BCUT2D eigenvalue weighted by Gasteiger charge is -2.16. The molecule has 1 aliphatic heterocycles. The first-order chi connectivity index (χ1) is 16.5. The molecule has 0 atom stereocenters. The number of carbonyl (C=O) groups is 1. The van der Waals surface area contributed by atoms with Crippen molar-refractivity contribution in [3.05, 3.63) is 71.8 Å². The third-order valence-corrected chi connectivity index (χ3v) is 6.46. The van der Waals surface area contributed by atoms with E-state index in [9.17, 15) is 4.79 Å². The predicted octanol–water partition coefficient (Wildman–Crippen LogP) is 4.45. The summed E-state index contributed by atoms with van der Waals surface area (Å²) in [5, 5.41) is 3.86. The van der Waals surface area contributed by atoms with Gasteiger partial charge in [0.25, 0.3) is 5.91 Å². The van der Waals surface area contributed by atoms with Crippen molar-refractivity contribution in [2.24, 2.45) is 0 Å². The van der Waals surface area contributed by atoms with Crippen molar-refractivity contribution in [1.29, 1.82) is 0 Å². The number of carbonyl (C=O) groups excluding carboxylic acids is 1. The van der Waals surface area contributed by atoms with E-state index >= 15 is 0 Å². The lowest BCUT2D eigenvalue weighted by molar-refractivity contribution is -0.123. The molecule has 1 amide bonds. The van der Waals surface area contributed by atoms with Crippen LogP contribution in [0, 0.1) is 0 Å². The Labute approximate surface area is 201 Å². The molecule has 0 fully saturated rings.